The lowest BCUT2D eigenvalue weighted by atomic mass is 9.95. The van der Waals surface area contributed by atoms with Crippen molar-refractivity contribution in [3.63, 3.8) is 0 Å². The predicted octanol–water partition coefficient (Wildman–Crippen LogP) is 5.40. The van der Waals surface area contributed by atoms with Crippen LogP contribution >= 0.6 is 0 Å². The highest BCUT2D eigenvalue weighted by Gasteiger charge is 2.28. The molecule has 5 nitrogen and oxygen atoms in total. The first-order valence-electron chi connectivity index (χ1n) is 11.4. The van der Waals surface area contributed by atoms with Gasteiger partial charge in [-0.05, 0) is 54.8 Å². The molecule has 4 rings (SSSR count). The summed E-state index contributed by atoms with van der Waals surface area (Å²) in [5.41, 5.74) is 4.34. The molecule has 0 aliphatic heterocycles. The van der Waals surface area contributed by atoms with Crippen LogP contribution in [0.15, 0.2) is 114 Å². The van der Waals surface area contributed by atoms with E-state index in [1.54, 1.807) is 30.3 Å². The second-order valence-corrected chi connectivity index (χ2v) is 10.3. The molecule has 0 aliphatic carbocycles. The van der Waals surface area contributed by atoms with Gasteiger partial charge in [0.1, 0.15) is 6.54 Å². The van der Waals surface area contributed by atoms with Crippen LogP contribution in [0.5, 0.6) is 0 Å². The third-order valence-electron chi connectivity index (χ3n) is 5.88. The van der Waals surface area contributed by atoms with Gasteiger partial charge in [-0.1, -0.05) is 90.5 Å². The van der Waals surface area contributed by atoms with Crippen LogP contribution in [0.4, 0.5) is 5.69 Å². The first kappa shape index (κ1) is 24.2. The Morgan fingerprint density at radius 3 is 1.97 bits per heavy atom. The van der Waals surface area contributed by atoms with Gasteiger partial charge in [0, 0.05) is 0 Å². The minimum absolute atomic E-state index is 0.131. The number of carbonyl (C=O) groups is 1. The second kappa shape index (κ2) is 10.6. The number of carbonyl (C=O) groups excluding carboxylic acids is 1. The summed E-state index contributed by atoms with van der Waals surface area (Å²) in [6.07, 6.45) is 0. The maximum atomic E-state index is 13.6. The van der Waals surface area contributed by atoms with Gasteiger partial charge >= 0.3 is 0 Å². The summed E-state index contributed by atoms with van der Waals surface area (Å²) < 4.78 is 28.3. The lowest BCUT2D eigenvalue weighted by Crippen LogP contribution is -2.42. The summed E-state index contributed by atoms with van der Waals surface area (Å²) in [6.45, 7) is 3.57. The fourth-order valence-electron chi connectivity index (χ4n) is 3.98. The maximum absolute atomic E-state index is 13.6. The van der Waals surface area contributed by atoms with Crippen molar-refractivity contribution >= 4 is 21.6 Å². The quantitative estimate of drug-likeness (QED) is 0.364. The molecule has 1 amide bonds. The molecular formula is C29H28N2O3S. The Hall–Kier alpha value is -3.90. The number of nitrogens with zero attached hydrogens (tertiary/aromatic N) is 1. The number of hydrogen-bond acceptors (Lipinski definition) is 3. The minimum Gasteiger partial charge on any atom is -0.344 e. The molecule has 0 heterocycles. The molecule has 0 fully saturated rings. The molecule has 4 aromatic carbocycles. The molecule has 0 aliphatic rings. The SMILES string of the molecule is Cc1ccc(N(CC(=O)N[C@H](c2ccccc2)c2ccccc2C)S(=O)(=O)c2ccccc2)cc1. The molecule has 0 bridgehead atoms. The van der Waals surface area contributed by atoms with Crippen LogP contribution in [-0.2, 0) is 14.8 Å². The predicted molar refractivity (Wildman–Crippen MR) is 140 cm³/mol. The molecule has 178 valence electrons. The zero-order chi connectivity index (χ0) is 24.8. The number of aryl methyl sites for hydroxylation is 2. The van der Waals surface area contributed by atoms with Crippen LogP contribution in [0, 0.1) is 13.8 Å². The van der Waals surface area contributed by atoms with Gasteiger partial charge in [-0.25, -0.2) is 8.42 Å². The third-order valence-corrected chi connectivity index (χ3v) is 7.67. The van der Waals surface area contributed by atoms with Crippen LogP contribution in [0.3, 0.4) is 0 Å². The second-order valence-electron chi connectivity index (χ2n) is 8.43. The van der Waals surface area contributed by atoms with Crippen molar-refractivity contribution in [2.75, 3.05) is 10.8 Å². The maximum Gasteiger partial charge on any atom is 0.264 e. The van der Waals surface area contributed by atoms with Gasteiger partial charge in [-0.3, -0.25) is 9.10 Å². The van der Waals surface area contributed by atoms with Gasteiger partial charge in [-0.15, -0.1) is 0 Å². The Bertz CT molecular complexity index is 1390. The lowest BCUT2D eigenvalue weighted by molar-refractivity contribution is -0.120. The summed E-state index contributed by atoms with van der Waals surface area (Å²) in [7, 11) is -3.96. The average molecular weight is 485 g/mol. The highest BCUT2D eigenvalue weighted by Crippen LogP contribution is 2.27. The van der Waals surface area contributed by atoms with E-state index in [-0.39, 0.29) is 11.4 Å². The van der Waals surface area contributed by atoms with Gasteiger partial charge in [0.2, 0.25) is 5.91 Å². The van der Waals surface area contributed by atoms with E-state index in [2.05, 4.69) is 5.32 Å². The molecule has 1 N–H and O–H groups in total. The monoisotopic (exact) mass is 484 g/mol. The summed E-state index contributed by atoms with van der Waals surface area (Å²) in [5.74, 6) is -0.401. The topological polar surface area (TPSA) is 66.5 Å². The van der Waals surface area contributed by atoms with Crippen LogP contribution in [-0.4, -0.2) is 20.9 Å². The number of benzene rings is 4. The molecule has 4 aromatic rings. The zero-order valence-electron chi connectivity index (χ0n) is 19.8. The summed E-state index contributed by atoms with van der Waals surface area (Å²) in [4.78, 5) is 13.6. The average Bonchev–Trinajstić information content (AvgIpc) is 2.88. The van der Waals surface area contributed by atoms with Crippen LogP contribution in [0.1, 0.15) is 28.3 Å². The van der Waals surface area contributed by atoms with Gasteiger partial charge in [0.15, 0.2) is 0 Å². The van der Waals surface area contributed by atoms with Crippen molar-refractivity contribution in [1.82, 2.24) is 5.32 Å². The van der Waals surface area contributed by atoms with Crippen molar-refractivity contribution < 1.29 is 13.2 Å². The van der Waals surface area contributed by atoms with Crippen LogP contribution in [0.25, 0.3) is 0 Å². The van der Waals surface area contributed by atoms with Crippen molar-refractivity contribution in [3.8, 4) is 0 Å². The number of nitrogens with one attached hydrogen (secondary N) is 1. The number of anilines is 1. The fourth-order valence-corrected chi connectivity index (χ4v) is 5.42. The van der Waals surface area contributed by atoms with E-state index in [9.17, 15) is 13.2 Å². The van der Waals surface area contributed by atoms with Crippen molar-refractivity contribution in [3.05, 3.63) is 131 Å². The van der Waals surface area contributed by atoms with Crippen molar-refractivity contribution in [2.24, 2.45) is 0 Å². The molecule has 0 radical (unpaired) electrons. The minimum atomic E-state index is -3.96. The number of sulfonamides is 1. The Morgan fingerprint density at radius 1 is 0.771 bits per heavy atom. The van der Waals surface area contributed by atoms with Gasteiger partial charge < -0.3 is 5.32 Å². The van der Waals surface area contributed by atoms with Crippen molar-refractivity contribution in [1.29, 1.82) is 0 Å². The molecule has 0 saturated carbocycles. The summed E-state index contributed by atoms with van der Waals surface area (Å²) in [6, 6.07) is 32.4. The van der Waals surface area contributed by atoms with E-state index in [1.807, 2.05) is 80.6 Å². The first-order valence-corrected chi connectivity index (χ1v) is 12.8. The van der Waals surface area contributed by atoms with E-state index >= 15 is 0 Å². The van der Waals surface area contributed by atoms with Gasteiger partial charge in [0.25, 0.3) is 10.0 Å². The molecule has 0 saturated heterocycles. The van der Waals surface area contributed by atoms with E-state index in [1.165, 1.54) is 12.1 Å². The van der Waals surface area contributed by atoms with Gasteiger partial charge in [-0.2, -0.15) is 0 Å². The summed E-state index contributed by atoms with van der Waals surface area (Å²) >= 11 is 0. The molecule has 0 aromatic heterocycles. The fraction of sp³-hybridized carbons (Fsp3) is 0.138. The number of amides is 1. The molecule has 0 unspecified atom stereocenters. The highest BCUT2D eigenvalue weighted by atomic mass is 32.2. The smallest absolute Gasteiger partial charge is 0.264 e. The normalized spacial score (nSPS) is 12.1. The van der Waals surface area contributed by atoms with E-state index in [0.29, 0.717) is 5.69 Å². The third kappa shape index (κ3) is 5.61. The van der Waals surface area contributed by atoms with E-state index in [4.69, 9.17) is 0 Å². The number of hydrogen-bond donors (Lipinski definition) is 1. The molecule has 0 spiro atoms. The first-order chi connectivity index (χ1) is 16.9. The standard InChI is InChI=1S/C29H28N2O3S/c1-22-17-19-25(20-18-22)31(35(33,34)26-14-7-4-8-15-26)21-28(32)30-29(24-12-5-3-6-13-24)27-16-10-9-11-23(27)2/h3-20,29H,21H2,1-2H3,(H,30,32)/t29-/m1/s1. The number of rotatable bonds is 8. The van der Waals surface area contributed by atoms with E-state index < -0.39 is 22.0 Å². The zero-order valence-corrected chi connectivity index (χ0v) is 20.6. The van der Waals surface area contributed by atoms with E-state index in [0.717, 1.165) is 26.6 Å². The van der Waals surface area contributed by atoms with Crippen LogP contribution in [0.2, 0.25) is 0 Å². The molecule has 6 heteroatoms. The van der Waals surface area contributed by atoms with Gasteiger partial charge in [0.05, 0.1) is 16.6 Å². The Balaban J connectivity index is 1.69. The molecule has 1 atom stereocenters. The van der Waals surface area contributed by atoms with Crippen LogP contribution < -0.4 is 9.62 Å². The molecule has 35 heavy (non-hydrogen) atoms. The highest BCUT2D eigenvalue weighted by molar-refractivity contribution is 7.92. The lowest BCUT2D eigenvalue weighted by Gasteiger charge is -2.27. The largest absolute Gasteiger partial charge is 0.344 e. The Kier molecular flexibility index (Phi) is 7.32. The Morgan fingerprint density at radius 2 is 1.34 bits per heavy atom. The Labute approximate surface area is 207 Å². The molecular weight excluding hydrogens is 456 g/mol. The summed E-state index contributed by atoms with van der Waals surface area (Å²) in [5, 5.41) is 3.08. The van der Waals surface area contributed by atoms with Crippen molar-refractivity contribution in [2.45, 2.75) is 24.8 Å².